The van der Waals surface area contributed by atoms with E-state index in [2.05, 4.69) is 91.8 Å². The molecule has 0 rings (SSSR count). The van der Waals surface area contributed by atoms with E-state index in [9.17, 15) is 0 Å². The van der Waals surface area contributed by atoms with Gasteiger partial charge in [-0.15, -0.1) is 0 Å². The van der Waals surface area contributed by atoms with Gasteiger partial charge in [-0.1, -0.05) is 76.8 Å². The summed E-state index contributed by atoms with van der Waals surface area (Å²) in [5.74, 6) is 0. The van der Waals surface area contributed by atoms with Crippen LogP contribution in [0, 0.1) is 0 Å². The van der Waals surface area contributed by atoms with Gasteiger partial charge >= 0.3 is 0 Å². The molecule has 0 aromatic rings. The molecule has 0 atom stereocenters. The second-order valence-corrected chi connectivity index (χ2v) is 9.91. The van der Waals surface area contributed by atoms with E-state index in [0.29, 0.717) is 0 Å². The van der Waals surface area contributed by atoms with Crippen molar-refractivity contribution in [1.82, 2.24) is 0 Å². The standard InChI is InChI=1S/C30H50.C2H7N/c1-25(2)15-11-19-29(7)23-13-21-27(5)17-9-10-18-28(6)22-14-24-30(8)20-12-16-26(3)4;1-2-3/h15-18,23-24H,9-14,19-22H2,1-8H3;2-3H2,1H3. The number of unbranched alkanes of at least 4 members (excludes halogenated alkanes) is 1. The Balaban J connectivity index is 0. The molecule has 33 heavy (non-hydrogen) atoms. The summed E-state index contributed by atoms with van der Waals surface area (Å²) in [6, 6.07) is 0. The third kappa shape index (κ3) is 28.4. The van der Waals surface area contributed by atoms with Crippen LogP contribution >= 0.6 is 0 Å². The second-order valence-electron chi connectivity index (χ2n) is 9.91. The van der Waals surface area contributed by atoms with Crippen LogP contribution in [0.25, 0.3) is 0 Å². The van der Waals surface area contributed by atoms with Gasteiger partial charge in [-0.05, 0) is 126 Å². The molecule has 0 aliphatic heterocycles. The van der Waals surface area contributed by atoms with E-state index in [-0.39, 0.29) is 0 Å². The Morgan fingerprint density at radius 3 is 0.879 bits per heavy atom. The molecule has 190 valence electrons. The third-order valence-electron chi connectivity index (χ3n) is 5.40. The Morgan fingerprint density at radius 2 is 0.636 bits per heavy atom. The van der Waals surface area contributed by atoms with Crippen molar-refractivity contribution >= 4 is 0 Å². The minimum Gasteiger partial charge on any atom is -0.331 e. The SMILES string of the molecule is CC(C)=CCCC(C)=CCCC(C)=CCCC=C(C)CCC=C(C)CCC=C(C)C.CCN. The summed E-state index contributed by atoms with van der Waals surface area (Å²) >= 11 is 0. The van der Waals surface area contributed by atoms with Gasteiger partial charge < -0.3 is 5.73 Å². The largest absolute Gasteiger partial charge is 0.331 e. The van der Waals surface area contributed by atoms with E-state index >= 15 is 0 Å². The first-order valence-electron chi connectivity index (χ1n) is 13.2. The van der Waals surface area contributed by atoms with E-state index in [4.69, 9.17) is 5.73 Å². The van der Waals surface area contributed by atoms with Crippen LogP contribution in [0.15, 0.2) is 69.9 Å². The zero-order valence-corrected chi connectivity index (χ0v) is 23.8. The molecule has 0 radical (unpaired) electrons. The molecule has 0 aliphatic rings. The number of nitrogens with two attached hydrogens (primary N) is 1. The molecule has 2 N–H and O–H groups in total. The van der Waals surface area contributed by atoms with Crippen LogP contribution in [-0.2, 0) is 0 Å². The van der Waals surface area contributed by atoms with Gasteiger partial charge in [0.25, 0.3) is 0 Å². The monoisotopic (exact) mass is 455 g/mol. The van der Waals surface area contributed by atoms with Gasteiger partial charge in [0.15, 0.2) is 0 Å². The predicted octanol–water partition coefficient (Wildman–Crippen LogP) is 10.6. The highest BCUT2D eigenvalue weighted by atomic mass is 14.5. The van der Waals surface area contributed by atoms with Crippen molar-refractivity contribution in [3.8, 4) is 0 Å². The molecule has 0 saturated heterocycles. The highest BCUT2D eigenvalue weighted by Crippen LogP contribution is 2.14. The van der Waals surface area contributed by atoms with Crippen molar-refractivity contribution in [2.24, 2.45) is 5.73 Å². The molecule has 0 fully saturated rings. The molecule has 0 aromatic heterocycles. The zero-order chi connectivity index (χ0) is 25.5. The maximum absolute atomic E-state index is 4.85. The maximum atomic E-state index is 4.85. The lowest BCUT2D eigenvalue weighted by molar-refractivity contribution is 0.896. The number of rotatable bonds is 15. The first-order chi connectivity index (χ1) is 15.6. The molecule has 0 aliphatic carbocycles. The number of hydrogen-bond acceptors (Lipinski definition) is 1. The van der Waals surface area contributed by atoms with Gasteiger partial charge in [0.2, 0.25) is 0 Å². The van der Waals surface area contributed by atoms with Gasteiger partial charge in [0, 0.05) is 0 Å². The summed E-state index contributed by atoms with van der Waals surface area (Å²) in [5.41, 5.74) is 13.8. The Bertz CT molecular complexity index is 599. The van der Waals surface area contributed by atoms with Gasteiger partial charge in [-0.25, -0.2) is 0 Å². The molecule has 0 heterocycles. The normalized spacial score (nSPS) is 12.8. The van der Waals surface area contributed by atoms with Crippen LogP contribution in [0.3, 0.4) is 0 Å². The van der Waals surface area contributed by atoms with Crippen LogP contribution in [0.2, 0.25) is 0 Å². The minimum atomic E-state index is 0.750. The lowest BCUT2D eigenvalue weighted by atomic mass is 10.0. The fraction of sp³-hybridized carbons (Fsp3) is 0.625. The second kappa shape index (κ2) is 23.6. The first-order valence-corrected chi connectivity index (χ1v) is 13.2. The van der Waals surface area contributed by atoms with Crippen molar-refractivity contribution in [1.29, 1.82) is 0 Å². The van der Waals surface area contributed by atoms with Crippen molar-refractivity contribution in [2.45, 2.75) is 127 Å². The smallest absolute Gasteiger partial charge is 0.0106 e. The summed E-state index contributed by atoms with van der Waals surface area (Å²) in [6.45, 7) is 20.5. The minimum absolute atomic E-state index is 0.750. The lowest BCUT2D eigenvalue weighted by Crippen LogP contribution is -1.87. The Labute approximate surface area is 208 Å². The van der Waals surface area contributed by atoms with Gasteiger partial charge in [0.1, 0.15) is 0 Å². The molecule has 1 heteroatoms. The zero-order valence-electron chi connectivity index (χ0n) is 23.8. The van der Waals surface area contributed by atoms with Crippen LogP contribution in [0.1, 0.15) is 127 Å². The van der Waals surface area contributed by atoms with Gasteiger partial charge in [-0.3, -0.25) is 0 Å². The maximum Gasteiger partial charge on any atom is -0.0106 e. The third-order valence-corrected chi connectivity index (χ3v) is 5.40. The van der Waals surface area contributed by atoms with Gasteiger partial charge in [0.05, 0.1) is 0 Å². The summed E-state index contributed by atoms with van der Waals surface area (Å²) in [4.78, 5) is 0. The molecule has 0 bridgehead atoms. The molecule has 0 amide bonds. The summed E-state index contributed by atoms with van der Waals surface area (Å²) < 4.78 is 0. The highest BCUT2D eigenvalue weighted by Gasteiger charge is 1.94. The molecule has 0 unspecified atom stereocenters. The van der Waals surface area contributed by atoms with Crippen LogP contribution in [0.4, 0.5) is 0 Å². The molecular formula is C32H57N. The average molecular weight is 456 g/mol. The van der Waals surface area contributed by atoms with E-state index < -0.39 is 0 Å². The van der Waals surface area contributed by atoms with Crippen LogP contribution in [-0.4, -0.2) is 6.54 Å². The fourth-order valence-electron chi connectivity index (χ4n) is 3.34. The quantitative estimate of drug-likeness (QED) is 0.193. The van der Waals surface area contributed by atoms with E-state index in [1.54, 1.807) is 0 Å². The molecular weight excluding hydrogens is 398 g/mol. The Kier molecular flexibility index (Phi) is 24.0. The highest BCUT2D eigenvalue weighted by molar-refractivity contribution is 5.08. The fourth-order valence-corrected chi connectivity index (χ4v) is 3.34. The molecule has 0 aromatic carbocycles. The van der Waals surface area contributed by atoms with Crippen molar-refractivity contribution in [2.75, 3.05) is 6.54 Å². The van der Waals surface area contributed by atoms with Crippen LogP contribution in [0.5, 0.6) is 0 Å². The Morgan fingerprint density at radius 1 is 0.424 bits per heavy atom. The summed E-state index contributed by atoms with van der Waals surface area (Å²) in [5, 5.41) is 0. The Hall–Kier alpha value is -1.60. The van der Waals surface area contributed by atoms with E-state index in [1.165, 1.54) is 97.6 Å². The average Bonchev–Trinajstić information content (AvgIpc) is 2.71. The van der Waals surface area contributed by atoms with Crippen molar-refractivity contribution < 1.29 is 0 Å². The summed E-state index contributed by atoms with van der Waals surface area (Å²) in [6.07, 6.45) is 26.2. The van der Waals surface area contributed by atoms with E-state index in [0.717, 1.165) is 6.54 Å². The lowest BCUT2D eigenvalue weighted by Gasteiger charge is -2.02. The van der Waals surface area contributed by atoms with Crippen molar-refractivity contribution in [3.05, 3.63) is 69.9 Å². The first kappa shape index (κ1) is 33.6. The topological polar surface area (TPSA) is 26.0 Å². The number of allylic oxidation sites excluding steroid dienone is 12. The van der Waals surface area contributed by atoms with Gasteiger partial charge in [-0.2, -0.15) is 0 Å². The molecule has 0 saturated carbocycles. The summed E-state index contributed by atoms with van der Waals surface area (Å²) in [7, 11) is 0. The molecule has 1 nitrogen and oxygen atoms in total. The van der Waals surface area contributed by atoms with Crippen LogP contribution < -0.4 is 5.73 Å². The van der Waals surface area contributed by atoms with E-state index in [1.807, 2.05) is 6.92 Å². The van der Waals surface area contributed by atoms with Crippen molar-refractivity contribution in [3.63, 3.8) is 0 Å². The predicted molar refractivity (Wildman–Crippen MR) is 155 cm³/mol. The number of hydrogen-bond donors (Lipinski definition) is 1. The molecule has 0 spiro atoms.